The summed E-state index contributed by atoms with van der Waals surface area (Å²) in [6.45, 7) is 5.11. The topological polar surface area (TPSA) is 86.3 Å². The summed E-state index contributed by atoms with van der Waals surface area (Å²) in [6, 6.07) is 0. The zero-order chi connectivity index (χ0) is 18.0. The highest BCUT2D eigenvalue weighted by atomic mass is 16.2. The fourth-order valence-electron chi connectivity index (χ4n) is 2.90. The maximum absolute atomic E-state index is 12.2. The summed E-state index contributed by atoms with van der Waals surface area (Å²) in [4.78, 5) is 26.1. The molecule has 2 aromatic rings. The SMILES string of the molecule is Cc1[nH]c(C=C2C(=O)NN=C2c2cnccn2)c(C)c1CCN(C)C. The Bertz CT molecular complexity index is 848. The fraction of sp³-hybridized carbons (Fsp3) is 0.333. The van der Waals surface area contributed by atoms with E-state index in [0.717, 1.165) is 29.9 Å². The summed E-state index contributed by atoms with van der Waals surface area (Å²) in [5.41, 5.74) is 8.58. The van der Waals surface area contributed by atoms with Crippen molar-refractivity contribution in [1.29, 1.82) is 0 Å². The van der Waals surface area contributed by atoms with Crippen LogP contribution in [0.25, 0.3) is 6.08 Å². The van der Waals surface area contributed by atoms with E-state index in [-0.39, 0.29) is 5.91 Å². The number of carbonyl (C=O) groups excluding carboxylic acids is 1. The van der Waals surface area contributed by atoms with E-state index in [2.05, 4.69) is 58.3 Å². The summed E-state index contributed by atoms with van der Waals surface area (Å²) in [6.07, 6.45) is 7.58. The monoisotopic (exact) mass is 338 g/mol. The zero-order valence-electron chi connectivity index (χ0n) is 14.9. The molecule has 3 heterocycles. The first-order valence-corrected chi connectivity index (χ1v) is 8.16. The number of aromatic amines is 1. The van der Waals surface area contributed by atoms with Crippen molar-refractivity contribution in [3.8, 4) is 0 Å². The molecule has 1 aliphatic heterocycles. The first kappa shape index (κ1) is 17.0. The first-order valence-electron chi connectivity index (χ1n) is 8.16. The molecule has 7 heteroatoms. The highest BCUT2D eigenvalue weighted by Crippen LogP contribution is 2.23. The van der Waals surface area contributed by atoms with Gasteiger partial charge in [0.1, 0.15) is 11.4 Å². The van der Waals surface area contributed by atoms with Crippen molar-refractivity contribution in [1.82, 2.24) is 25.3 Å². The third kappa shape index (κ3) is 3.51. The number of amides is 1. The quantitative estimate of drug-likeness (QED) is 0.808. The molecule has 1 aliphatic rings. The smallest absolute Gasteiger partial charge is 0.273 e. The normalized spacial score (nSPS) is 15.8. The fourth-order valence-corrected chi connectivity index (χ4v) is 2.90. The minimum absolute atomic E-state index is 0.234. The molecule has 2 N–H and O–H groups in total. The number of aromatic nitrogens is 3. The third-order valence-electron chi connectivity index (χ3n) is 4.30. The Morgan fingerprint density at radius 1 is 1.24 bits per heavy atom. The molecule has 130 valence electrons. The van der Waals surface area contributed by atoms with Gasteiger partial charge in [-0.05, 0) is 51.6 Å². The van der Waals surface area contributed by atoms with Crippen molar-refractivity contribution in [2.45, 2.75) is 20.3 Å². The molecule has 0 fully saturated rings. The van der Waals surface area contributed by atoms with Crippen molar-refractivity contribution in [2.24, 2.45) is 5.10 Å². The Labute approximate surface area is 146 Å². The number of rotatable bonds is 5. The molecule has 1 amide bonds. The Morgan fingerprint density at radius 2 is 2.04 bits per heavy atom. The van der Waals surface area contributed by atoms with E-state index in [9.17, 15) is 4.79 Å². The molecular weight excluding hydrogens is 316 g/mol. The van der Waals surface area contributed by atoms with E-state index in [0.29, 0.717) is 17.0 Å². The van der Waals surface area contributed by atoms with Gasteiger partial charge in [-0.15, -0.1) is 0 Å². The van der Waals surface area contributed by atoms with Gasteiger partial charge < -0.3 is 9.88 Å². The van der Waals surface area contributed by atoms with E-state index in [4.69, 9.17) is 0 Å². The first-order chi connectivity index (χ1) is 12.0. The molecule has 7 nitrogen and oxygen atoms in total. The second kappa shape index (κ2) is 6.98. The summed E-state index contributed by atoms with van der Waals surface area (Å²) >= 11 is 0. The van der Waals surface area contributed by atoms with Crippen LogP contribution in [0.2, 0.25) is 0 Å². The molecule has 0 unspecified atom stereocenters. The molecule has 0 bridgehead atoms. The van der Waals surface area contributed by atoms with E-state index in [1.54, 1.807) is 18.6 Å². The third-order valence-corrected chi connectivity index (χ3v) is 4.30. The minimum Gasteiger partial charge on any atom is -0.359 e. The highest BCUT2D eigenvalue weighted by molar-refractivity contribution is 6.32. The number of carbonyl (C=O) groups is 1. The van der Waals surface area contributed by atoms with Crippen LogP contribution in [0.5, 0.6) is 0 Å². The summed E-state index contributed by atoms with van der Waals surface area (Å²) in [7, 11) is 4.12. The van der Waals surface area contributed by atoms with Crippen LogP contribution >= 0.6 is 0 Å². The molecule has 0 spiro atoms. The van der Waals surface area contributed by atoms with Gasteiger partial charge in [-0.3, -0.25) is 14.8 Å². The lowest BCUT2D eigenvalue weighted by molar-refractivity contribution is -0.116. The largest absolute Gasteiger partial charge is 0.359 e. The van der Waals surface area contributed by atoms with E-state index >= 15 is 0 Å². The Kier molecular flexibility index (Phi) is 4.76. The summed E-state index contributed by atoms with van der Waals surface area (Å²) < 4.78 is 0. The average molecular weight is 338 g/mol. The van der Waals surface area contributed by atoms with Crippen LogP contribution in [-0.4, -0.2) is 52.1 Å². The summed E-state index contributed by atoms with van der Waals surface area (Å²) in [5, 5.41) is 4.11. The predicted octanol–water partition coefficient (Wildman–Crippen LogP) is 1.44. The maximum Gasteiger partial charge on any atom is 0.273 e. The van der Waals surface area contributed by atoms with Crippen LogP contribution in [0.4, 0.5) is 0 Å². The number of aryl methyl sites for hydroxylation is 1. The van der Waals surface area contributed by atoms with Gasteiger partial charge in [0.15, 0.2) is 0 Å². The number of likely N-dealkylation sites (N-methyl/N-ethyl adjacent to an activating group) is 1. The van der Waals surface area contributed by atoms with Gasteiger partial charge in [0.05, 0.1) is 11.8 Å². The highest BCUT2D eigenvalue weighted by Gasteiger charge is 2.26. The average Bonchev–Trinajstić information content (AvgIpc) is 3.07. The zero-order valence-corrected chi connectivity index (χ0v) is 14.9. The van der Waals surface area contributed by atoms with Crippen molar-refractivity contribution in [3.63, 3.8) is 0 Å². The van der Waals surface area contributed by atoms with Crippen molar-refractivity contribution in [3.05, 3.63) is 52.4 Å². The molecule has 3 rings (SSSR count). The molecule has 0 atom stereocenters. The Morgan fingerprint density at radius 3 is 2.72 bits per heavy atom. The van der Waals surface area contributed by atoms with E-state index < -0.39 is 0 Å². The van der Waals surface area contributed by atoms with Gasteiger partial charge >= 0.3 is 0 Å². The number of nitrogens with one attached hydrogen (secondary N) is 2. The lowest BCUT2D eigenvalue weighted by Gasteiger charge is -2.09. The molecule has 0 saturated carbocycles. The molecule has 2 aromatic heterocycles. The van der Waals surface area contributed by atoms with Crippen molar-refractivity contribution >= 4 is 17.7 Å². The van der Waals surface area contributed by atoms with E-state index in [1.807, 2.05) is 6.08 Å². The number of nitrogens with zero attached hydrogens (tertiary/aromatic N) is 4. The predicted molar refractivity (Wildman–Crippen MR) is 97.2 cm³/mol. The number of hydrogen-bond acceptors (Lipinski definition) is 5. The van der Waals surface area contributed by atoms with Gasteiger partial charge in [0.25, 0.3) is 5.91 Å². The molecule has 25 heavy (non-hydrogen) atoms. The van der Waals surface area contributed by atoms with Crippen LogP contribution in [0, 0.1) is 13.8 Å². The van der Waals surface area contributed by atoms with Crippen LogP contribution in [0.1, 0.15) is 28.2 Å². The minimum atomic E-state index is -0.234. The lowest BCUT2D eigenvalue weighted by atomic mass is 10.0. The maximum atomic E-state index is 12.2. The van der Waals surface area contributed by atoms with Crippen LogP contribution < -0.4 is 5.43 Å². The Hall–Kier alpha value is -2.80. The van der Waals surface area contributed by atoms with Gasteiger partial charge in [-0.25, -0.2) is 5.43 Å². The molecular formula is C18H22N6O. The molecule has 0 aliphatic carbocycles. The number of hydrazone groups is 1. The van der Waals surface area contributed by atoms with Crippen LogP contribution in [0.3, 0.4) is 0 Å². The second-order valence-corrected chi connectivity index (χ2v) is 6.37. The van der Waals surface area contributed by atoms with Crippen LogP contribution in [0.15, 0.2) is 29.3 Å². The molecule has 0 aromatic carbocycles. The summed E-state index contributed by atoms with van der Waals surface area (Å²) in [5.74, 6) is -0.234. The van der Waals surface area contributed by atoms with Gasteiger partial charge in [0, 0.05) is 30.3 Å². The van der Waals surface area contributed by atoms with Gasteiger partial charge in [-0.2, -0.15) is 5.10 Å². The molecule has 0 saturated heterocycles. The standard InChI is InChI=1S/C18H22N6O/c1-11-13(5-8-24(3)4)12(2)21-15(11)9-14-17(22-23-18(14)25)16-10-19-6-7-20-16/h6-7,9-10,21H,5,8H2,1-4H3,(H,23,25). The second-order valence-electron chi connectivity index (χ2n) is 6.37. The van der Waals surface area contributed by atoms with Gasteiger partial charge in [-0.1, -0.05) is 0 Å². The lowest BCUT2D eigenvalue weighted by Crippen LogP contribution is -2.15. The van der Waals surface area contributed by atoms with Crippen molar-refractivity contribution in [2.75, 3.05) is 20.6 Å². The molecule has 0 radical (unpaired) electrons. The van der Waals surface area contributed by atoms with Crippen LogP contribution in [-0.2, 0) is 11.2 Å². The number of H-pyrrole nitrogens is 1. The van der Waals surface area contributed by atoms with Gasteiger partial charge in [0.2, 0.25) is 0 Å². The van der Waals surface area contributed by atoms with Crippen molar-refractivity contribution < 1.29 is 4.79 Å². The number of hydrogen-bond donors (Lipinski definition) is 2. The van der Waals surface area contributed by atoms with E-state index in [1.165, 1.54) is 5.56 Å². The Balaban J connectivity index is 1.95.